The molecule has 0 spiro atoms. The highest BCUT2D eigenvalue weighted by Gasteiger charge is 2.20. The van der Waals surface area contributed by atoms with Gasteiger partial charge >= 0.3 is 0 Å². The molecule has 0 bridgehead atoms. The fraction of sp³-hybridized carbons (Fsp3) is 0.312. The van der Waals surface area contributed by atoms with Crippen LogP contribution in [-0.2, 0) is 0 Å². The van der Waals surface area contributed by atoms with Gasteiger partial charge in [-0.1, -0.05) is 12.1 Å². The Hall–Kier alpha value is -2.07. The smallest absolute Gasteiger partial charge is 0.213 e. The zero-order valence-electron chi connectivity index (χ0n) is 12.2. The number of benzene rings is 1. The van der Waals surface area contributed by atoms with Crippen LogP contribution in [0.15, 0.2) is 30.3 Å². The molecular weight excluding hydrogens is 254 g/mol. The number of aliphatic hydroxyl groups is 1. The molecule has 0 saturated carbocycles. The molecule has 2 rings (SSSR count). The topological polar surface area (TPSA) is 51.6 Å². The van der Waals surface area contributed by atoms with E-state index in [0.717, 1.165) is 16.7 Å². The molecule has 0 fully saturated rings. The van der Waals surface area contributed by atoms with E-state index in [1.807, 2.05) is 26.0 Å². The van der Waals surface area contributed by atoms with E-state index >= 15 is 0 Å². The Morgan fingerprint density at radius 3 is 2.50 bits per heavy atom. The minimum atomic E-state index is -0.847. The minimum Gasteiger partial charge on any atom is -0.496 e. The monoisotopic (exact) mass is 273 g/mol. The molecule has 0 saturated heterocycles. The summed E-state index contributed by atoms with van der Waals surface area (Å²) in [5.74, 6) is 1.14. The van der Waals surface area contributed by atoms with Crippen LogP contribution in [0, 0.1) is 13.8 Å². The Labute approximate surface area is 119 Å². The van der Waals surface area contributed by atoms with Crippen molar-refractivity contribution in [2.75, 3.05) is 14.2 Å². The average molecular weight is 273 g/mol. The molecule has 1 atom stereocenters. The first kappa shape index (κ1) is 14.3. The second kappa shape index (κ2) is 5.92. The maximum atomic E-state index is 10.6. The van der Waals surface area contributed by atoms with Gasteiger partial charge in [0.05, 0.1) is 19.9 Å². The summed E-state index contributed by atoms with van der Waals surface area (Å²) >= 11 is 0. The van der Waals surface area contributed by atoms with E-state index < -0.39 is 6.10 Å². The molecule has 20 heavy (non-hydrogen) atoms. The van der Waals surface area contributed by atoms with Crippen molar-refractivity contribution in [2.45, 2.75) is 20.0 Å². The lowest BCUT2D eigenvalue weighted by Crippen LogP contribution is -2.07. The van der Waals surface area contributed by atoms with Crippen molar-refractivity contribution in [3.05, 3.63) is 52.7 Å². The summed E-state index contributed by atoms with van der Waals surface area (Å²) < 4.78 is 10.5. The third-order valence-corrected chi connectivity index (χ3v) is 3.22. The molecule has 0 aliphatic carbocycles. The molecule has 1 aromatic heterocycles. The van der Waals surface area contributed by atoms with E-state index in [4.69, 9.17) is 9.47 Å². The highest BCUT2D eigenvalue weighted by molar-refractivity contribution is 5.47. The van der Waals surface area contributed by atoms with Gasteiger partial charge in [-0.15, -0.1) is 0 Å². The fourth-order valence-corrected chi connectivity index (χ4v) is 2.30. The van der Waals surface area contributed by atoms with Crippen LogP contribution in [0.2, 0.25) is 0 Å². The highest BCUT2D eigenvalue weighted by Crippen LogP contribution is 2.33. The average Bonchev–Trinajstić information content (AvgIpc) is 2.45. The largest absolute Gasteiger partial charge is 0.496 e. The van der Waals surface area contributed by atoms with Gasteiger partial charge in [0.1, 0.15) is 11.9 Å². The van der Waals surface area contributed by atoms with E-state index in [1.165, 1.54) is 0 Å². The number of ether oxygens (including phenoxy) is 2. The number of aliphatic hydroxyl groups excluding tert-OH is 1. The predicted molar refractivity (Wildman–Crippen MR) is 77.3 cm³/mol. The van der Waals surface area contributed by atoms with Gasteiger partial charge in [-0.2, -0.15) is 0 Å². The van der Waals surface area contributed by atoms with Gasteiger partial charge in [-0.3, -0.25) is 0 Å². The Kier molecular flexibility index (Phi) is 4.25. The second-order valence-electron chi connectivity index (χ2n) is 4.71. The summed E-state index contributed by atoms with van der Waals surface area (Å²) in [4.78, 5) is 4.28. The zero-order valence-corrected chi connectivity index (χ0v) is 12.2. The molecule has 1 N–H and O–H groups in total. The highest BCUT2D eigenvalue weighted by atomic mass is 16.5. The first-order chi connectivity index (χ1) is 9.56. The number of pyridine rings is 1. The summed E-state index contributed by atoms with van der Waals surface area (Å²) in [6, 6.07) is 9.24. The van der Waals surface area contributed by atoms with Crippen molar-refractivity contribution in [1.29, 1.82) is 0 Å². The number of hydrogen-bond acceptors (Lipinski definition) is 4. The van der Waals surface area contributed by atoms with Crippen LogP contribution in [0.3, 0.4) is 0 Å². The summed E-state index contributed by atoms with van der Waals surface area (Å²) in [6.07, 6.45) is -0.847. The van der Waals surface area contributed by atoms with Gasteiger partial charge in [-0.05, 0) is 37.1 Å². The van der Waals surface area contributed by atoms with E-state index in [-0.39, 0.29) is 0 Å². The molecule has 0 aliphatic heterocycles. The van der Waals surface area contributed by atoms with Crippen molar-refractivity contribution in [3.63, 3.8) is 0 Å². The van der Waals surface area contributed by atoms with Gasteiger partial charge in [0.2, 0.25) is 5.88 Å². The van der Waals surface area contributed by atoms with Crippen LogP contribution >= 0.6 is 0 Å². The molecular formula is C16H19NO3. The summed E-state index contributed by atoms with van der Waals surface area (Å²) in [5, 5.41) is 10.6. The lowest BCUT2D eigenvalue weighted by Gasteiger charge is -2.18. The standard InChI is InChI=1S/C16H19NO3/c1-10-8-11(2)15(13(9-10)19-3)16(18)12-6-5-7-14(17-12)20-4/h5-9,16,18H,1-4H3. The number of hydrogen-bond donors (Lipinski definition) is 1. The van der Waals surface area contributed by atoms with Crippen LogP contribution in [-0.4, -0.2) is 24.3 Å². The van der Waals surface area contributed by atoms with E-state index in [0.29, 0.717) is 17.3 Å². The first-order valence-corrected chi connectivity index (χ1v) is 6.41. The van der Waals surface area contributed by atoms with Crippen molar-refractivity contribution in [1.82, 2.24) is 4.98 Å². The third-order valence-electron chi connectivity index (χ3n) is 3.22. The Balaban J connectivity index is 2.49. The van der Waals surface area contributed by atoms with E-state index in [2.05, 4.69) is 4.98 Å². The number of methoxy groups -OCH3 is 2. The lowest BCUT2D eigenvalue weighted by atomic mass is 9.97. The van der Waals surface area contributed by atoms with Crippen molar-refractivity contribution >= 4 is 0 Å². The van der Waals surface area contributed by atoms with Crippen molar-refractivity contribution < 1.29 is 14.6 Å². The molecule has 2 aromatic rings. The van der Waals surface area contributed by atoms with Gasteiger partial charge < -0.3 is 14.6 Å². The molecule has 0 aliphatic rings. The number of aryl methyl sites for hydroxylation is 2. The minimum absolute atomic E-state index is 0.477. The Morgan fingerprint density at radius 2 is 1.85 bits per heavy atom. The third kappa shape index (κ3) is 2.75. The zero-order chi connectivity index (χ0) is 14.7. The number of nitrogens with zero attached hydrogens (tertiary/aromatic N) is 1. The maximum absolute atomic E-state index is 10.6. The number of aromatic nitrogens is 1. The van der Waals surface area contributed by atoms with Crippen LogP contribution in [0.25, 0.3) is 0 Å². The SMILES string of the molecule is COc1cccc(C(O)c2c(C)cc(C)cc2OC)n1. The van der Waals surface area contributed by atoms with Gasteiger partial charge in [0.25, 0.3) is 0 Å². The van der Waals surface area contributed by atoms with E-state index in [1.54, 1.807) is 32.4 Å². The quantitative estimate of drug-likeness (QED) is 0.930. The summed E-state index contributed by atoms with van der Waals surface area (Å²) in [5.41, 5.74) is 3.33. The van der Waals surface area contributed by atoms with Gasteiger partial charge in [0, 0.05) is 11.6 Å². The van der Waals surface area contributed by atoms with Gasteiger partial charge in [0.15, 0.2) is 0 Å². The normalized spacial score (nSPS) is 12.1. The maximum Gasteiger partial charge on any atom is 0.213 e. The molecule has 4 nitrogen and oxygen atoms in total. The summed E-state index contributed by atoms with van der Waals surface area (Å²) in [6.45, 7) is 3.95. The Morgan fingerprint density at radius 1 is 1.10 bits per heavy atom. The van der Waals surface area contributed by atoms with Crippen LogP contribution < -0.4 is 9.47 Å². The van der Waals surface area contributed by atoms with Crippen LogP contribution in [0.4, 0.5) is 0 Å². The molecule has 1 heterocycles. The fourth-order valence-electron chi connectivity index (χ4n) is 2.30. The van der Waals surface area contributed by atoms with Crippen LogP contribution in [0.1, 0.15) is 28.5 Å². The first-order valence-electron chi connectivity index (χ1n) is 6.41. The molecule has 1 unspecified atom stereocenters. The van der Waals surface area contributed by atoms with Crippen molar-refractivity contribution in [2.24, 2.45) is 0 Å². The van der Waals surface area contributed by atoms with E-state index in [9.17, 15) is 5.11 Å². The van der Waals surface area contributed by atoms with Crippen LogP contribution in [0.5, 0.6) is 11.6 Å². The number of rotatable bonds is 4. The van der Waals surface area contributed by atoms with Gasteiger partial charge in [-0.25, -0.2) is 4.98 Å². The van der Waals surface area contributed by atoms with Crippen molar-refractivity contribution in [3.8, 4) is 11.6 Å². The second-order valence-corrected chi connectivity index (χ2v) is 4.71. The molecule has 106 valence electrons. The molecule has 0 radical (unpaired) electrons. The predicted octanol–water partition coefficient (Wildman–Crippen LogP) is 2.80. The molecule has 4 heteroatoms. The summed E-state index contributed by atoms with van der Waals surface area (Å²) in [7, 11) is 3.15. The lowest BCUT2D eigenvalue weighted by molar-refractivity contribution is 0.207. The molecule has 1 aromatic carbocycles. The molecule has 0 amide bonds. The Bertz CT molecular complexity index is 611.